The molecule has 53 valence electrons. The Labute approximate surface area is 64.6 Å². The number of alkyl halides is 1. The van der Waals surface area contributed by atoms with Crippen LogP contribution in [0.1, 0.15) is 0 Å². The predicted molar refractivity (Wildman–Crippen MR) is 41.0 cm³/mol. The summed E-state index contributed by atoms with van der Waals surface area (Å²) in [7, 11) is 0. The molecule has 10 heavy (non-hydrogen) atoms. The molecule has 0 aliphatic heterocycles. The first-order chi connectivity index (χ1) is 4.84. The normalized spacial score (nSPS) is 9.30. The third kappa shape index (κ3) is 1.54. The summed E-state index contributed by atoms with van der Waals surface area (Å²) in [4.78, 5) is 0. The summed E-state index contributed by atoms with van der Waals surface area (Å²) < 4.78 is 4.95. The standard InChI is InChI=1S/C7H7ClNO/c8-5-10-7-4-2-1-3-6(7)9/h1,3-4H,5,9H2. The van der Waals surface area contributed by atoms with Crippen molar-refractivity contribution in [3.8, 4) is 5.75 Å². The zero-order valence-corrected chi connectivity index (χ0v) is 6.06. The summed E-state index contributed by atoms with van der Waals surface area (Å²) in [6.07, 6.45) is 0. The molecule has 0 bridgehead atoms. The van der Waals surface area contributed by atoms with Crippen LogP contribution in [-0.2, 0) is 0 Å². The van der Waals surface area contributed by atoms with Gasteiger partial charge in [0.2, 0.25) is 0 Å². The molecule has 2 nitrogen and oxygen atoms in total. The van der Waals surface area contributed by atoms with E-state index in [1.54, 1.807) is 18.2 Å². The third-order valence-electron chi connectivity index (χ3n) is 1.07. The highest BCUT2D eigenvalue weighted by atomic mass is 35.5. The van der Waals surface area contributed by atoms with Crippen molar-refractivity contribution in [2.24, 2.45) is 0 Å². The number of ether oxygens (including phenoxy) is 1. The molecule has 1 radical (unpaired) electrons. The number of benzene rings is 1. The quantitative estimate of drug-likeness (QED) is 0.522. The lowest BCUT2D eigenvalue weighted by Crippen LogP contribution is -1.94. The maximum Gasteiger partial charge on any atom is 0.162 e. The Morgan fingerprint density at radius 1 is 1.70 bits per heavy atom. The van der Waals surface area contributed by atoms with Gasteiger partial charge in [-0.05, 0) is 18.2 Å². The monoisotopic (exact) mass is 156 g/mol. The van der Waals surface area contributed by atoms with Crippen LogP contribution in [0, 0.1) is 6.07 Å². The van der Waals surface area contributed by atoms with Gasteiger partial charge in [0, 0.05) is 0 Å². The molecular formula is C7H7ClNO. The molecule has 1 aromatic carbocycles. The first-order valence-electron chi connectivity index (χ1n) is 2.79. The molecule has 0 heterocycles. The van der Waals surface area contributed by atoms with Crippen molar-refractivity contribution in [1.29, 1.82) is 0 Å². The van der Waals surface area contributed by atoms with Crippen LogP contribution in [0.5, 0.6) is 5.75 Å². The molecule has 0 saturated carbocycles. The lowest BCUT2D eigenvalue weighted by atomic mass is 10.3. The fourth-order valence-corrected chi connectivity index (χ4v) is 0.728. The molecule has 1 rings (SSSR count). The summed E-state index contributed by atoms with van der Waals surface area (Å²) in [6, 6.07) is 8.02. The molecule has 0 spiro atoms. The molecule has 0 saturated heterocycles. The van der Waals surface area contributed by atoms with Crippen molar-refractivity contribution < 1.29 is 4.74 Å². The summed E-state index contributed by atoms with van der Waals surface area (Å²) >= 11 is 5.32. The second kappa shape index (κ2) is 3.32. The first kappa shape index (κ1) is 7.22. The van der Waals surface area contributed by atoms with Gasteiger partial charge in [-0.1, -0.05) is 17.7 Å². The highest BCUT2D eigenvalue weighted by Gasteiger charge is 1.94. The number of nitrogens with two attached hydrogens (primary N) is 1. The maximum atomic E-state index is 5.50. The third-order valence-corrected chi connectivity index (χ3v) is 1.18. The summed E-state index contributed by atoms with van der Waals surface area (Å²) in [5, 5.41) is 0. The maximum absolute atomic E-state index is 5.50. The van der Waals surface area contributed by atoms with E-state index in [1.165, 1.54) is 0 Å². The highest BCUT2D eigenvalue weighted by molar-refractivity contribution is 6.17. The summed E-state index contributed by atoms with van der Waals surface area (Å²) in [5.74, 6) is 0.581. The van der Waals surface area contributed by atoms with Crippen LogP contribution in [-0.4, -0.2) is 6.07 Å². The van der Waals surface area contributed by atoms with Crippen molar-refractivity contribution in [1.82, 2.24) is 0 Å². The van der Waals surface area contributed by atoms with Gasteiger partial charge in [-0.25, -0.2) is 0 Å². The number of halogens is 1. The van der Waals surface area contributed by atoms with Crippen molar-refractivity contribution in [2.45, 2.75) is 0 Å². The van der Waals surface area contributed by atoms with Gasteiger partial charge in [0.15, 0.2) is 6.07 Å². The molecule has 0 unspecified atom stereocenters. The number of nitrogen functional groups attached to an aromatic ring is 1. The Balaban J connectivity index is 2.81. The van der Waals surface area contributed by atoms with Gasteiger partial charge in [0.05, 0.1) is 5.69 Å². The largest absolute Gasteiger partial charge is 0.476 e. The predicted octanol–water partition coefficient (Wildman–Crippen LogP) is 1.64. The Morgan fingerprint density at radius 2 is 2.50 bits per heavy atom. The van der Waals surface area contributed by atoms with Crippen LogP contribution < -0.4 is 10.5 Å². The molecule has 1 aromatic rings. The van der Waals surface area contributed by atoms with E-state index in [0.29, 0.717) is 11.4 Å². The Bertz CT molecular complexity index is 215. The topological polar surface area (TPSA) is 35.2 Å². The summed E-state index contributed by atoms with van der Waals surface area (Å²) in [6.45, 7) is 0. The average molecular weight is 157 g/mol. The second-order valence-corrected chi connectivity index (χ2v) is 1.94. The lowest BCUT2D eigenvalue weighted by Gasteiger charge is -2.02. The molecule has 0 aliphatic carbocycles. The highest BCUT2D eigenvalue weighted by Crippen LogP contribution is 2.19. The fraction of sp³-hybridized carbons (Fsp3) is 0.143. The number of hydrogen-bond acceptors (Lipinski definition) is 2. The van der Waals surface area contributed by atoms with Gasteiger partial charge in [0.1, 0.15) is 5.75 Å². The van der Waals surface area contributed by atoms with Crippen molar-refractivity contribution in [3.63, 3.8) is 0 Å². The van der Waals surface area contributed by atoms with Crippen molar-refractivity contribution >= 4 is 17.3 Å². The van der Waals surface area contributed by atoms with E-state index in [4.69, 9.17) is 22.1 Å². The zero-order valence-electron chi connectivity index (χ0n) is 5.30. The van der Waals surface area contributed by atoms with E-state index in [1.807, 2.05) is 0 Å². The molecule has 0 aliphatic rings. The molecule has 2 N–H and O–H groups in total. The molecule has 3 heteroatoms. The number of hydrogen-bond donors (Lipinski definition) is 1. The van der Waals surface area contributed by atoms with Gasteiger partial charge < -0.3 is 10.5 Å². The Hall–Kier alpha value is -0.890. The summed E-state index contributed by atoms with van der Waals surface area (Å²) in [5.41, 5.74) is 6.09. The molecule has 0 aromatic heterocycles. The first-order valence-corrected chi connectivity index (χ1v) is 3.32. The van der Waals surface area contributed by atoms with E-state index in [9.17, 15) is 0 Å². The lowest BCUT2D eigenvalue weighted by molar-refractivity contribution is 0.390. The fourth-order valence-electron chi connectivity index (χ4n) is 0.611. The average Bonchev–Trinajstić information content (AvgIpc) is 1.94. The van der Waals surface area contributed by atoms with E-state index >= 15 is 0 Å². The SMILES string of the molecule is Nc1cc[c]cc1OCCl. The Kier molecular flexibility index (Phi) is 2.40. The van der Waals surface area contributed by atoms with Gasteiger partial charge in [-0.15, -0.1) is 0 Å². The van der Waals surface area contributed by atoms with Crippen molar-refractivity contribution in [2.75, 3.05) is 11.8 Å². The Morgan fingerprint density at radius 3 is 3.10 bits per heavy atom. The van der Waals surface area contributed by atoms with Crippen LogP contribution in [0.4, 0.5) is 5.69 Å². The molecular weight excluding hydrogens is 150 g/mol. The molecule has 0 amide bonds. The second-order valence-electron chi connectivity index (χ2n) is 1.72. The van der Waals surface area contributed by atoms with E-state index in [2.05, 4.69) is 6.07 Å². The van der Waals surface area contributed by atoms with E-state index < -0.39 is 0 Å². The minimum absolute atomic E-state index is 0.113. The van der Waals surface area contributed by atoms with E-state index in [-0.39, 0.29) is 6.07 Å². The van der Waals surface area contributed by atoms with Gasteiger partial charge in [-0.2, -0.15) is 0 Å². The molecule has 0 atom stereocenters. The minimum Gasteiger partial charge on any atom is -0.476 e. The van der Waals surface area contributed by atoms with Crippen LogP contribution in [0.25, 0.3) is 0 Å². The number of anilines is 1. The van der Waals surface area contributed by atoms with Crippen LogP contribution in [0.15, 0.2) is 18.2 Å². The van der Waals surface area contributed by atoms with Gasteiger partial charge in [0.25, 0.3) is 0 Å². The van der Waals surface area contributed by atoms with E-state index in [0.717, 1.165) is 0 Å². The van der Waals surface area contributed by atoms with Crippen LogP contribution >= 0.6 is 11.6 Å². The van der Waals surface area contributed by atoms with Gasteiger partial charge >= 0.3 is 0 Å². The number of rotatable bonds is 2. The van der Waals surface area contributed by atoms with Crippen LogP contribution in [0.2, 0.25) is 0 Å². The van der Waals surface area contributed by atoms with Gasteiger partial charge in [-0.3, -0.25) is 0 Å². The smallest absolute Gasteiger partial charge is 0.162 e. The minimum atomic E-state index is 0.113. The zero-order chi connectivity index (χ0) is 7.40. The van der Waals surface area contributed by atoms with Crippen molar-refractivity contribution in [3.05, 3.63) is 24.3 Å². The van der Waals surface area contributed by atoms with Crippen LogP contribution in [0.3, 0.4) is 0 Å². The molecule has 0 fully saturated rings.